The van der Waals surface area contributed by atoms with E-state index in [-0.39, 0.29) is 5.54 Å². The lowest BCUT2D eigenvalue weighted by molar-refractivity contribution is 0.0619. The summed E-state index contributed by atoms with van der Waals surface area (Å²) in [7, 11) is 0. The summed E-state index contributed by atoms with van der Waals surface area (Å²) in [4.78, 5) is 2.53. The molecule has 1 saturated heterocycles. The molecule has 0 bridgehead atoms. The monoisotopic (exact) mass is 294 g/mol. The topological polar surface area (TPSA) is 24.5 Å². The molecule has 1 unspecified atom stereocenters. The molecule has 1 fully saturated rings. The Kier molecular flexibility index (Phi) is 3.69. The van der Waals surface area contributed by atoms with Crippen molar-refractivity contribution in [3.63, 3.8) is 0 Å². The molecule has 0 aliphatic carbocycles. The minimum absolute atomic E-state index is 0.153. The number of rotatable bonds is 2. The lowest BCUT2D eigenvalue weighted by Crippen LogP contribution is -2.60. The highest BCUT2D eigenvalue weighted by molar-refractivity contribution is 6.30. The minimum atomic E-state index is 0.153. The fraction of sp³-hybridized carbons (Fsp3) is 0.625. The number of fused-ring (bicyclic) bond motifs is 1. The van der Waals surface area contributed by atoms with Gasteiger partial charge < -0.3 is 10.1 Å². The van der Waals surface area contributed by atoms with Crippen molar-refractivity contribution in [1.29, 1.82) is 0 Å². The summed E-state index contributed by atoms with van der Waals surface area (Å²) in [5.41, 5.74) is 2.64. The molecule has 2 heterocycles. The predicted molar refractivity (Wildman–Crippen MR) is 82.6 cm³/mol. The van der Waals surface area contributed by atoms with Gasteiger partial charge in [-0.15, -0.1) is 0 Å². The van der Waals surface area contributed by atoms with E-state index in [2.05, 4.69) is 37.1 Å². The molecule has 0 radical (unpaired) electrons. The maximum absolute atomic E-state index is 6.26. The molecule has 1 N–H and O–H groups in total. The summed E-state index contributed by atoms with van der Waals surface area (Å²) in [6.07, 6.45) is 0.976. The maximum Gasteiger partial charge on any atom is 0.127 e. The Bertz CT molecular complexity index is 515. The van der Waals surface area contributed by atoms with Crippen LogP contribution in [0.5, 0.6) is 5.75 Å². The third-order valence-electron chi connectivity index (χ3n) is 4.42. The van der Waals surface area contributed by atoms with Crippen molar-refractivity contribution in [3.05, 3.63) is 28.3 Å². The number of hydrogen-bond acceptors (Lipinski definition) is 3. The van der Waals surface area contributed by atoms with Crippen LogP contribution in [0.4, 0.5) is 0 Å². The molecular weight excluding hydrogens is 272 g/mol. The SMILES string of the molecule is CC1CN(Cc2cc(Cl)cc3c2OCC3)C(C)(C)CN1. The van der Waals surface area contributed by atoms with E-state index >= 15 is 0 Å². The molecule has 4 heteroatoms. The Labute approximate surface area is 126 Å². The number of nitrogens with zero attached hydrogens (tertiary/aromatic N) is 1. The van der Waals surface area contributed by atoms with Crippen molar-refractivity contribution in [2.24, 2.45) is 0 Å². The van der Waals surface area contributed by atoms with Gasteiger partial charge in [-0.2, -0.15) is 0 Å². The van der Waals surface area contributed by atoms with Gasteiger partial charge in [0.05, 0.1) is 6.61 Å². The van der Waals surface area contributed by atoms with Gasteiger partial charge in [-0.1, -0.05) is 11.6 Å². The zero-order chi connectivity index (χ0) is 14.3. The molecular formula is C16H23ClN2O. The molecule has 110 valence electrons. The number of halogens is 1. The average molecular weight is 295 g/mol. The van der Waals surface area contributed by atoms with Gasteiger partial charge in [0.1, 0.15) is 5.75 Å². The van der Waals surface area contributed by atoms with Crippen LogP contribution in [0.1, 0.15) is 31.9 Å². The second-order valence-electron chi connectivity index (χ2n) is 6.63. The van der Waals surface area contributed by atoms with E-state index in [0.29, 0.717) is 6.04 Å². The Hall–Kier alpha value is -0.770. The Morgan fingerprint density at radius 3 is 3.05 bits per heavy atom. The van der Waals surface area contributed by atoms with Crippen LogP contribution in [0.2, 0.25) is 5.02 Å². The van der Waals surface area contributed by atoms with E-state index in [9.17, 15) is 0 Å². The van der Waals surface area contributed by atoms with Crippen LogP contribution < -0.4 is 10.1 Å². The van der Waals surface area contributed by atoms with Crippen LogP contribution in [0, 0.1) is 0 Å². The quantitative estimate of drug-likeness (QED) is 0.908. The van der Waals surface area contributed by atoms with Gasteiger partial charge in [-0.25, -0.2) is 0 Å². The first-order chi connectivity index (χ1) is 9.45. The van der Waals surface area contributed by atoms with Crippen LogP contribution in [0.3, 0.4) is 0 Å². The van der Waals surface area contributed by atoms with E-state index in [1.165, 1.54) is 11.1 Å². The molecule has 3 rings (SSSR count). The molecule has 0 aromatic heterocycles. The standard InChI is InChI=1S/C16H23ClN2O/c1-11-8-19(16(2,3)10-18-11)9-13-7-14(17)6-12-4-5-20-15(12)13/h6-7,11,18H,4-5,8-10H2,1-3H3. The number of benzene rings is 1. The normalized spacial score (nSPS) is 25.3. The highest BCUT2D eigenvalue weighted by Crippen LogP contribution is 2.35. The Morgan fingerprint density at radius 1 is 1.45 bits per heavy atom. The number of nitrogens with one attached hydrogen (secondary N) is 1. The summed E-state index contributed by atoms with van der Waals surface area (Å²) >= 11 is 6.26. The second-order valence-corrected chi connectivity index (χ2v) is 7.06. The van der Waals surface area contributed by atoms with Crippen molar-refractivity contribution in [1.82, 2.24) is 10.2 Å². The van der Waals surface area contributed by atoms with Crippen molar-refractivity contribution in [2.75, 3.05) is 19.7 Å². The molecule has 0 saturated carbocycles. The predicted octanol–water partition coefficient (Wildman–Crippen LogP) is 2.85. The fourth-order valence-electron chi connectivity index (χ4n) is 3.13. The summed E-state index contributed by atoms with van der Waals surface area (Å²) in [6.45, 7) is 10.6. The molecule has 1 atom stereocenters. The summed E-state index contributed by atoms with van der Waals surface area (Å²) in [5.74, 6) is 1.07. The molecule has 2 aliphatic rings. The number of hydrogen-bond donors (Lipinski definition) is 1. The molecule has 20 heavy (non-hydrogen) atoms. The van der Waals surface area contributed by atoms with Crippen molar-refractivity contribution >= 4 is 11.6 Å². The second kappa shape index (κ2) is 5.21. The Morgan fingerprint density at radius 2 is 2.25 bits per heavy atom. The van der Waals surface area contributed by atoms with Gasteiger partial charge in [0.15, 0.2) is 0 Å². The maximum atomic E-state index is 6.26. The highest BCUT2D eigenvalue weighted by Gasteiger charge is 2.33. The Balaban J connectivity index is 1.87. The van der Waals surface area contributed by atoms with Crippen molar-refractivity contribution in [2.45, 2.75) is 45.3 Å². The minimum Gasteiger partial charge on any atom is -0.493 e. The fourth-order valence-corrected chi connectivity index (χ4v) is 3.39. The third-order valence-corrected chi connectivity index (χ3v) is 4.64. The van der Waals surface area contributed by atoms with Crippen molar-refractivity contribution < 1.29 is 4.74 Å². The van der Waals surface area contributed by atoms with Crippen LogP contribution in [-0.2, 0) is 13.0 Å². The van der Waals surface area contributed by atoms with Crippen LogP contribution in [-0.4, -0.2) is 36.2 Å². The largest absolute Gasteiger partial charge is 0.493 e. The number of piperazine rings is 1. The van der Waals surface area contributed by atoms with Crippen molar-refractivity contribution in [3.8, 4) is 5.75 Å². The molecule has 0 spiro atoms. The van der Waals surface area contributed by atoms with E-state index in [4.69, 9.17) is 16.3 Å². The smallest absolute Gasteiger partial charge is 0.127 e. The van der Waals surface area contributed by atoms with E-state index in [0.717, 1.165) is 43.4 Å². The van der Waals surface area contributed by atoms with Crippen LogP contribution >= 0.6 is 11.6 Å². The van der Waals surface area contributed by atoms with Gasteiger partial charge in [0, 0.05) is 48.2 Å². The lowest BCUT2D eigenvalue weighted by atomic mass is 9.96. The summed E-state index contributed by atoms with van der Waals surface area (Å²) in [5, 5.41) is 4.38. The molecule has 1 aromatic rings. The molecule has 1 aromatic carbocycles. The molecule has 2 aliphatic heterocycles. The van der Waals surface area contributed by atoms with Crippen LogP contribution in [0.15, 0.2) is 12.1 Å². The highest BCUT2D eigenvalue weighted by atomic mass is 35.5. The van der Waals surface area contributed by atoms with Gasteiger partial charge in [-0.3, -0.25) is 4.90 Å². The third kappa shape index (κ3) is 2.67. The number of ether oxygens (including phenoxy) is 1. The van der Waals surface area contributed by atoms with E-state index in [1.807, 2.05) is 6.07 Å². The zero-order valence-electron chi connectivity index (χ0n) is 12.5. The zero-order valence-corrected chi connectivity index (χ0v) is 13.3. The van der Waals surface area contributed by atoms with E-state index in [1.54, 1.807) is 0 Å². The molecule has 3 nitrogen and oxygen atoms in total. The van der Waals surface area contributed by atoms with Gasteiger partial charge in [-0.05, 0) is 38.5 Å². The summed E-state index contributed by atoms with van der Waals surface area (Å²) in [6, 6.07) is 4.63. The van der Waals surface area contributed by atoms with Gasteiger partial charge in [0.25, 0.3) is 0 Å². The van der Waals surface area contributed by atoms with Gasteiger partial charge >= 0.3 is 0 Å². The summed E-state index contributed by atoms with van der Waals surface area (Å²) < 4.78 is 5.82. The first-order valence-corrected chi connectivity index (χ1v) is 7.76. The van der Waals surface area contributed by atoms with Crippen LogP contribution in [0.25, 0.3) is 0 Å². The first kappa shape index (κ1) is 14.2. The van der Waals surface area contributed by atoms with E-state index < -0.39 is 0 Å². The molecule has 0 amide bonds. The average Bonchev–Trinajstić information content (AvgIpc) is 2.82. The lowest BCUT2D eigenvalue weighted by Gasteiger charge is -2.45. The first-order valence-electron chi connectivity index (χ1n) is 7.38. The van der Waals surface area contributed by atoms with Gasteiger partial charge in [0.2, 0.25) is 0 Å².